The van der Waals surface area contributed by atoms with Crippen LogP contribution in [0.1, 0.15) is 41.5 Å². The van der Waals surface area contributed by atoms with Crippen LogP contribution in [0.25, 0.3) is 0 Å². The molecule has 0 spiro atoms. The molecule has 0 unspecified atom stereocenters. The molecule has 0 aliphatic carbocycles. The smallest absolute Gasteiger partial charge is 0.171 e. The number of benzene rings is 1. The van der Waals surface area contributed by atoms with E-state index >= 15 is 0 Å². The van der Waals surface area contributed by atoms with E-state index in [-0.39, 0.29) is 17.5 Å². The number of quaternary nitrogens is 1. The molecule has 0 aliphatic rings. The molecule has 3 nitrogen and oxygen atoms in total. The lowest BCUT2D eigenvalue weighted by atomic mass is 9.95. The van der Waals surface area contributed by atoms with Gasteiger partial charge in [0.1, 0.15) is 5.69 Å². The van der Waals surface area contributed by atoms with Gasteiger partial charge >= 0.3 is 0 Å². The van der Waals surface area contributed by atoms with Crippen LogP contribution in [0.3, 0.4) is 0 Å². The van der Waals surface area contributed by atoms with Gasteiger partial charge in [0.25, 0.3) is 0 Å². The summed E-state index contributed by atoms with van der Waals surface area (Å²) in [4.78, 5) is 23.7. The van der Waals surface area contributed by atoms with Crippen LogP contribution >= 0.6 is 0 Å². The maximum Gasteiger partial charge on any atom is 0.171 e. The second-order valence-electron chi connectivity index (χ2n) is 5.82. The molecule has 0 amide bonds. The third-order valence-corrected chi connectivity index (χ3v) is 2.92. The first-order valence-electron chi connectivity index (χ1n) is 6.15. The van der Waals surface area contributed by atoms with Gasteiger partial charge in [0.2, 0.25) is 0 Å². The summed E-state index contributed by atoms with van der Waals surface area (Å²) in [5, 5.41) is 0. The Morgan fingerprint density at radius 3 is 2.06 bits per heavy atom. The van der Waals surface area contributed by atoms with E-state index < -0.39 is 0 Å². The monoisotopic (exact) mass is 248 g/mol. The highest BCUT2D eigenvalue weighted by molar-refractivity contribution is 6.05. The SMILES string of the molecule is CC(=O)c1ccc([N+](C)(C)C)c(C(=O)C(C)C)c1. The Bertz CT molecular complexity index is 482. The van der Waals surface area contributed by atoms with Crippen LogP contribution in [0.2, 0.25) is 0 Å². The molecule has 0 aromatic heterocycles. The van der Waals surface area contributed by atoms with Crippen LogP contribution in [0.4, 0.5) is 5.69 Å². The van der Waals surface area contributed by atoms with Crippen molar-refractivity contribution in [3.05, 3.63) is 29.3 Å². The van der Waals surface area contributed by atoms with Crippen LogP contribution in [-0.2, 0) is 0 Å². The molecule has 3 heteroatoms. The minimum Gasteiger partial charge on any atom is -0.298 e. The van der Waals surface area contributed by atoms with E-state index in [9.17, 15) is 9.59 Å². The van der Waals surface area contributed by atoms with E-state index in [1.807, 2.05) is 41.1 Å². The lowest BCUT2D eigenvalue weighted by Crippen LogP contribution is -2.36. The Balaban J connectivity index is 3.45. The zero-order valence-electron chi connectivity index (χ0n) is 12.1. The summed E-state index contributed by atoms with van der Waals surface area (Å²) in [5.41, 5.74) is 2.19. The summed E-state index contributed by atoms with van der Waals surface area (Å²) in [6.45, 7) is 5.27. The summed E-state index contributed by atoms with van der Waals surface area (Å²) < 4.78 is 0.561. The largest absolute Gasteiger partial charge is 0.298 e. The van der Waals surface area contributed by atoms with E-state index in [0.29, 0.717) is 15.6 Å². The molecule has 0 atom stereocenters. The maximum atomic E-state index is 12.3. The molecule has 98 valence electrons. The van der Waals surface area contributed by atoms with Gasteiger partial charge in [-0.25, -0.2) is 0 Å². The molecule has 0 heterocycles. The Labute approximate surface area is 109 Å². The van der Waals surface area contributed by atoms with Crippen molar-refractivity contribution in [1.82, 2.24) is 4.48 Å². The average Bonchev–Trinajstić information content (AvgIpc) is 2.25. The third-order valence-electron chi connectivity index (χ3n) is 2.92. The van der Waals surface area contributed by atoms with Gasteiger partial charge in [-0.2, -0.15) is 0 Å². The first-order chi connectivity index (χ1) is 8.14. The summed E-state index contributed by atoms with van der Waals surface area (Å²) >= 11 is 0. The summed E-state index contributed by atoms with van der Waals surface area (Å²) in [7, 11) is 6.04. The van der Waals surface area contributed by atoms with Crippen molar-refractivity contribution < 1.29 is 9.59 Å². The first kappa shape index (κ1) is 14.6. The van der Waals surface area contributed by atoms with Gasteiger partial charge in [-0.3, -0.25) is 14.1 Å². The zero-order chi connectivity index (χ0) is 14.1. The highest BCUT2D eigenvalue weighted by atomic mass is 16.1. The summed E-state index contributed by atoms with van der Waals surface area (Å²) in [5.74, 6) is -0.000534. The average molecular weight is 248 g/mol. The predicted molar refractivity (Wildman–Crippen MR) is 75.2 cm³/mol. The Hall–Kier alpha value is -1.48. The van der Waals surface area contributed by atoms with Crippen LogP contribution in [-0.4, -0.2) is 32.7 Å². The van der Waals surface area contributed by atoms with Gasteiger partial charge < -0.3 is 0 Å². The van der Waals surface area contributed by atoms with Gasteiger partial charge in [-0.05, 0) is 19.1 Å². The van der Waals surface area contributed by atoms with Gasteiger partial charge in [-0.1, -0.05) is 13.8 Å². The normalized spacial score (nSPS) is 11.7. The maximum absolute atomic E-state index is 12.3. The number of ketones is 2. The molecule has 0 bridgehead atoms. The number of carbonyl (C=O) groups is 2. The zero-order valence-corrected chi connectivity index (χ0v) is 12.1. The molecule has 18 heavy (non-hydrogen) atoms. The first-order valence-corrected chi connectivity index (χ1v) is 6.15. The second-order valence-corrected chi connectivity index (χ2v) is 5.82. The lowest BCUT2D eigenvalue weighted by molar-refractivity contribution is 0.0938. The van der Waals surface area contributed by atoms with Crippen molar-refractivity contribution >= 4 is 17.3 Å². The van der Waals surface area contributed by atoms with E-state index in [4.69, 9.17) is 0 Å². The lowest BCUT2D eigenvalue weighted by Gasteiger charge is -2.26. The van der Waals surface area contributed by atoms with Crippen molar-refractivity contribution in [2.75, 3.05) is 21.1 Å². The van der Waals surface area contributed by atoms with Crippen molar-refractivity contribution in [3.8, 4) is 0 Å². The highest BCUT2D eigenvalue weighted by Gasteiger charge is 2.24. The topological polar surface area (TPSA) is 34.1 Å². The molecule has 0 aliphatic heterocycles. The summed E-state index contributed by atoms with van der Waals surface area (Å²) in [6, 6.07) is 5.40. The summed E-state index contributed by atoms with van der Waals surface area (Å²) in [6.07, 6.45) is 0. The molecule has 0 saturated carbocycles. The van der Waals surface area contributed by atoms with Crippen LogP contribution in [0, 0.1) is 5.92 Å². The molecular weight excluding hydrogens is 226 g/mol. The number of hydrogen-bond donors (Lipinski definition) is 0. The van der Waals surface area contributed by atoms with E-state index in [0.717, 1.165) is 5.69 Å². The number of Topliss-reactive ketones (excluding diaryl/α,β-unsaturated/α-hetero) is 2. The van der Waals surface area contributed by atoms with Gasteiger partial charge in [0.15, 0.2) is 11.6 Å². The van der Waals surface area contributed by atoms with Crippen LogP contribution in [0.5, 0.6) is 0 Å². The molecule has 1 rings (SSSR count). The van der Waals surface area contributed by atoms with Crippen molar-refractivity contribution in [1.29, 1.82) is 0 Å². The Morgan fingerprint density at radius 1 is 1.11 bits per heavy atom. The quantitative estimate of drug-likeness (QED) is 0.606. The second kappa shape index (κ2) is 5.02. The van der Waals surface area contributed by atoms with E-state index in [2.05, 4.69) is 0 Å². The highest BCUT2D eigenvalue weighted by Crippen LogP contribution is 2.26. The molecule has 1 aromatic carbocycles. The number of carbonyl (C=O) groups excluding carboxylic acids is 2. The van der Waals surface area contributed by atoms with Crippen molar-refractivity contribution in [2.24, 2.45) is 5.92 Å². The fraction of sp³-hybridized carbons (Fsp3) is 0.467. The number of hydrogen-bond acceptors (Lipinski definition) is 2. The third kappa shape index (κ3) is 3.05. The van der Waals surface area contributed by atoms with Crippen molar-refractivity contribution in [3.63, 3.8) is 0 Å². The minimum absolute atomic E-state index is 0.0132. The molecule has 0 saturated heterocycles. The number of nitrogens with zero attached hydrogens (tertiary/aromatic N) is 1. The fourth-order valence-corrected chi connectivity index (χ4v) is 1.85. The van der Waals surface area contributed by atoms with Gasteiger partial charge in [0.05, 0.1) is 26.7 Å². The molecule has 0 N–H and O–H groups in total. The van der Waals surface area contributed by atoms with E-state index in [1.54, 1.807) is 12.1 Å². The molecule has 0 radical (unpaired) electrons. The Morgan fingerprint density at radius 2 is 1.67 bits per heavy atom. The molecule has 0 fully saturated rings. The fourth-order valence-electron chi connectivity index (χ4n) is 1.85. The molecular formula is C15H22NO2+. The van der Waals surface area contributed by atoms with Gasteiger partial charge in [-0.15, -0.1) is 0 Å². The van der Waals surface area contributed by atoms with Crippen LogP contribution < -0.4 is 4.48 Å². The van der Waals surface area contributed by atoms with E-state index in [1.165, 1.54) is 6.92 Å². The molecule has 1 aromatic rings. The van der Waals surface area contributed by atoms with Crippen LogP contribution in [0.15, 0.2) is 18.2 Å². The minimum atomic E-state index is -0.0718. The standard InChI is InChI=1S/C15H22NO2/c1-10(2)15(18)13-9-12(11(3)17)7-8-14(13)16(4,5)6/h7-10H,1-6H3/q+1. The van der Waals surface area contributed by atoms with Gasteiger partial charge in [0, 0.05) is 17.5 Å². The Kier molecular flexibility index (Phi) is 4.07. The predicted octanol–water partition coefficient (Wildman–Crippen LogP) is 2.92. The van der Waals surface area contributed by atoms with Crippen molar-refractivity contribution in [2.45, 2.75) is 20.8 Å². The number of rotatable bonds is 4.